The number of hydrogen-bond acceptors (Lipinski definition) is 4. The maximum atomic E-state index is 10.8. The molecule has 1 heterocycles. The van der Waals surface area contributed by atoms with Crippen molar-refractivity contribution in [1.82, 2.24) is 0 Å². The predicted octanol–water partition coefficient (Wildman–Crippen LogP) is 8.26. The lowest BCUT2D eigenvalue weighted by molar-refractivity contribution is 0.101. The van der Waals surface area contributed by atoms with E-state index in [1.165, 1.54) is 47.8 Å². The number of phenols is 1. The molecule has 5 heteroatoms. The zero-order valence-electron chi connectivity index (χ0n) is 24.1. The summed E-state index contributed by atoms with van der Waals surface area (Å²) in [6, 6.07) is 18.3. The summed E-state index contributed by atoms with van der Waals surface area (Å²) in [4.78, 5) is 15.8. The van der Waals surface area contributed by atoms with E-state index < -0.39 is 0 Å². The molecule has 1 saturated heterocycles. The molecule has 0 saturated carbocycles. The van der Waals surface area contributed by atoms with Crippen LogP contribution < -0.4 is 9.80 Å². The van der Waals surface area contributed by atoms with Crippen LogP contribution in [0, 0.1) is 20.8 Å². The van der Waals surface area contributed by atoms with E-state index in [1.54, 1.807) is 18.2 Å². The lowest BCUT2D eigenvalue weighted by Gasteiger charge is -2.39. The van der Waals surface area contributed by atoms with Crippen molar-refractivity contribution in [1.29, 1.82) is 0 Å². The average Bonchev–Trinajstić information content (AvgIpc) is 2.90. The van der Waals surface area contributed by atoms with Gasteiger partial charge in [-0.25, -0.2) is 0 Å². The molecule has 4 rings (SSSR count). The summed E-state index contributed by atoms with van der Waals surface area (Å²) in [5, 5.41) is 10.1. The van der Waals surface area contributed by atoms with Crippen molar-refractivity contribution in [2.24, 2.45) is 0 Å². The average molecular weight is 535 g/mol. The number of halogens is 1. The fraction of sp³-hybridized carbons (Fsp3) is 0.424. The number of benzene rings is 3. The molecule has 1 N–H and O–H groups in total. The Morgan fingerprint density at radius 1 is 0.868 bits per heavy atom. The second-order valence-corrected chi connectivity index (χ2v) is 11.2. The van der Waals surface area contributed by atoms with E-state index in [2.05, 4.69) is 74.8 Å². The molecule has 0 aliphatic carbocycles. The third-order valence-corrected chi connectivity index (χ3v) is 8.36. The molecule has 3 aromatic carbocycles. The van der Waals surface area contributed by atoms with Gasteiger partial charge in [0.05, 0.1) is 5.56 Å². The highest BCUT2D eigenvalue weighted by atomic mass is 35.5. The van der Waals surface area contributed by atoms with Gasteiger partial charge in [0.15, 0.2) is 5.78 Å². The minimum absolute atomic E-state index is 0.0671. The van der Waals surface area contributed by atoms with E-state index in [1.807, 2.05) is 13.0 Å². The fourth-order valence-corrected chi connectivity index (χ4v) is 5.32. The molecule has 0 spiro atoms. The molecule has 1 aliphatic heterocycles. The number of nitrogens with zero attached hydrogens (tertiary/aromatic N) is 2. The number of carbonyl (C=O) groups excluding carboxylic acids is 1. The number of rotatable bonds is 6. The Morgan fingerprint density at radius 2 is 1.47 bits per heavy atom. The molecular weight excluding hydrogens is 492 g/mol. The van der Waals surface area contributed by atoms with Crippen molar-refractivity contribution in [2.75, 3.05) is 36.0 Å². The molecule has 0 aromatic heterocycles. The van der Waals surface area contributed by atoms with Crippen LogP contribution in [0.3, 0.4) is 0 Å². The first-order valence-corrected chi connectivity index (χ1v) is 14.0. The van der Waals surface area contributed by atoms with Gasteiger partial charge in [-0.05, 0) is 105 Å². The Hall–Kier alpha value is -2.98. The maximum absolute atomic E-state index is 10.8. The van der Waals surface area contributed by atoms with Crippen molar-refractivity contribution in [3.63, 3.8) is 0 Å². The number of anilines is 2. The molecular formula is C33H43ClN2O2. The monoisotopic (exact) mass is 534 g/mol. The molecule has 0 unspecified atom stereocenters. The fourth-order valence-electron chi connectivity index (χ4n) is 5.16. The molecule has 3 aromatic rings. The molecule has 0 bridgehead atoms. The van der Waals surface area contributed by atoms with Crippen LogP contribution in [0.15, 0.2) is 54.6 Å². The SMILES string of the molecule is CC(=O)c1ccc(C)cc1O.CCC(C)(CC)c1cc(N2CCN(c3cc(Cl)ccc3C)CC2)ccc1C. The minimum atomic E-state index is -0.109. The zero-order valence-corrected chi connectivity index (χ0v) is 24.8. The van der Waals surface area contributed by atoms with E-state index in [9.17, 15) is 9.90 Å². The maximum Gasteiger partial charge on any atom is 0.163 e. The smallest absolute Gasteiger partial charge is 0.163 e. The third kappa shape index (κ3) is 6.91. The van der Waals surface area contributed by atoms with Crippen LogP contribution in [0.5, 0.6) is 5.75 Å². The van der Waals surface area contributed by atoms with Crippen molar-refractivity contribution < 1.29 is 9.90 Å². The van der Waals surface area contributed by atoms with Gasteiger partial charge in [-0.1, -0.05) is 50.6 Å². The molecule has 204 valence electrons. The molecule has 0 amide bonds. The van der Waals surface area contributed by atoms with Crippen LogP contribution in [-0.4, -0.2) is 37.1 Å². The summed E-state index contributed by atoms with van der Waals surface area (Å²) in [7, 11) is 0. The summed E-state index contributed by atoms with van der Waals surface area (Å²) in [5.74, 6) is -0.0417. The van der Waals surface area contributed by atoms with Crippen LogP contribution in [0.2, 0.25) is 5.02 Å². The van der Waals surface area contributed by atoms with Gasteiger partial charge in [-0.3, -0.25) is 4.79 Å². The summed E-state index contributed by atoms with van der Waals surface area (Å²) in [5.41, 5.74) is 8.47. The standard InChI is InChI=1S/C24H33ClN2.C9H10O2/c1-6-24(5,7-2)22-17-21(11-9-18(22)3)26-12-14-27(15-13-26)23-16-20(25)10-8-19(23)4;1-6-3-4-8(7(2)10)9(11)5-6/h8-11,16-17H,6-7,12-15H2,1-5H3;3-5,11H,1-2H3. The second kappa shape index (κ2) is 12.7. The Balaban J connectivity index is 0.000000304. The molecule has 1 aliphatic rings. The number of hydrogen-bond donors (Lipinski definition) is 1. The first kappa shape index (κ1) is 29.6. The number of ketones is 1. The van der Waals surface area contributed by atoms with E-state index >= 15 is 0 Å². The summed E-state index contributed by atoms with van der Waals surface area (Å²) in [6.45, 7) is 18.9. The van der Waals surface area contributed by atoms with Gasteiger partial charge in [0.2, 0.25) is 0 Å². The number of aromatic hydroxyl groups is 1. The first-order chi connectivity index (χ1) is 18.0. The topological polar surface area (TPSA) is 43.8 Å². The lowest BCUT2D eigenvalue weighted by Crippen LogP contribution is -2.46. The van der Waals surface area contributed by atoms with Gasteiger partial charge < -0.3 is 14.9 Å². The zero-order chi connectivity index (χ0) is 28.0. The van der Waals surface area contributed by atoms with E-state index in [-0.39, 0.29) is 16.9 Å². The van der Waals surface area contributed by atoms with Gasteiger partial charge in [0.25, 0.3) is 0 Å². The Kier molecular flexibility index (Phi) is 9.89. The Labute approximate surface area is 234 Å². The predicted molar refractivity (Wildman–Crippen MR) is 163 cm³/mol. The number of piperazine rings is 1. The Morgan fingerprint density at radius 3 is 2.05 bits per heavy atom. The van der Waals surface area contributed by atoms with Crippen molar-refractivity contribution in [3.8, 4) is 5.75 Å². The highest BCUT2D eigenvalue weighted by Crippen LogP contribution is 2.36. The molecule has 0 atom stereocenters. The number of Topliss-reactive ketones (excluding diaryl/α,β-unsaturated/α-hetero) is 1. The first-order valence-electron chi connectivity index (χ1n) is 13.7. The molecule has 38 heavy (non-hydrogen) atoms. The van der Waals surface area contributed by atoms with Crippen molar-refractivity contribution in [3.05, 3.63) is 87.4 Å². The minimum Gasteiger partial charge on any atom is -0.507 e. The summed E-state index contributed by atoms with van der Waals surface area (Å²) >= 11 is 6.23. The second-order valence-electron chi connectivity index (χ2n) is 10.7. The molecule has 1 fully saturated rings. The van der Waals surface area contributed by atoms with Crippen LogP contribution >= 0.6 is 11.6 Å². The van der Waals surface area contributed by atoms with Gasteiger partial charge in [0, 0.05) is 42.6 Å². The summed E-state index contributed by atoms with van der Waals surface area (Å²) < 4.78 is 0. The van der Waals surface area contributed by atoms with E-state index in [0.717, 1.165) is 36.8 Å². The number of carbonyl (C=O) groups is 1. The van der Waals surface area contributed by atoms with Gasteiger partial charge >= 0.3 is 0 Å². The van der Waals surface area contributed by atoms with Crippen molar-refractivity contribution in [2.45, 2.75) is 66.7 Å². The summed E-state index contributed by atoms with van der Waals surface area (Å²) in [6.07, 6.45) is 2.35. The van der Waals surface area contributed by atoms with Gasteiger partial charge in [0.1, 0.15) is 5.75 Å². The van der Waals surface area contributed by atoms with Crippen LogP contribution in [0.25, 0.3) is 0 Å². The van der Waals surface area contributed by atoms with E-state index in [4.69, 9.17) is 11.6 Å². The van der Waals surface area contributed by atoms with Crippen LogP contribution in [-0.2, 0) is 5.41 Å². The van der Waals surface area contributed by atoms with Gasteiger partial charge in [-0.2, -0.15) is 0 Å². The highest BCUT2D eigenvalue weighted by Gasteiger charge is 2.26. The quantitative estimate of drug-likeness (QED) is 0.323. The number of phenolic OH excluding ortho intramolecular Hbond substituents is 1. The van der Waals surface area contributed by atoms with Crippen molar-refractivity contribution >= 4 is 28.8 Å². The van der Waals surface area contributed by atoms with Crippen LogP contribution in [0.1, 0.15) is 73.1 Å². The molecule has 4 nitrogen and oxygen atoms in total. The third-order valence-electron chi connectivity index (χ3n) is 8.12. The normalized spacial score (nSPS) is 13.7. The van der Waals surface area contributed by atoms with Crippen LogP contribution in [0.4, 0.5) is 11.4 Å². The highest BCUT2D eigenvalue weighted by molar-refractivity contribution is 6.30. The molecule has 0 radical (unpaired) electrons. The van der Waals surface area contributed by atoms with Gasteiger partial charge in [-0.15, -0.1) is 0 Å². The lowest BCUT2D eigenvalue weighted by atomic mass is 9.76. The largest absolute Gasteiger partial charge is 0.507 e. The van der Waals surface area contributed by atoms with E-state index in [0.29, 0.717) is 5.56 Å². The Bertz CT molecular complexity index is 1260. The number of aryl methyl sites for hydroxylation is 3.